The van der Waals surface area contributed by atoms with Crippen molar-refractivity contribution >= 4 is 17.5 Å². The zero-order valence-electron chi connectivity index (χ0n) is 14.8. The fourth-order valence-electron chi connectivity index (χ4n) is 3.08. The van der Waals surface area contributed by atoms with Crippen LogP contribution in [0.2, 0.25) is 0 Å². The van der Waals surface area contributed by atoms with Crippen molar-refractivity contribution in [1.82, 2.24) is 4.90 Å². The van der Waals surface area contributed by atoms with Crippen LogP contribution in [-0.2, 0) is 16.1 Å². The van der Waals surface area contributed by atoms with Gasteiger partial charge in [0, 0.05) is 25.2 Å². The Kier molecular flexibility index (Phi) is 6.79. The SMILES string of the molecule is CC(C)CCC(=O)Nc1ccccc1CN1CCC[C@H](C(N)=O)C1. The standard InChI is InChI=1S/C19H29N3O2/c1-14(2)9-10-18(23)21-17-8-4-3-6-15(17)12-22-11-5-7-16(13-22)19(20)24/h3-4,6,8,14,16H,5,7,9-13H2,1-2H3,(H2,20,24)(H,21,23)/t16-/m0/s1. The number of benzene rings is 1. The number of primary amides is 1. The van der Waals surface area contributed by atoms with Crippen LogP contribution in [0.4, 0.5) is 5.69 Å². The van der Waals surface area contributed by atoms with Crippen LogP contribution < -0.4 is 11.1 Å². The summed E-state index contributed by atoms with van der Waals surface area (Å²) in [5, 5.41) is 3.03. The topological polar surface area (TPSA) is 75.4 Å². The van der Waals surface area contributed by atoms with Gasteiger partial charge < -0.3 is 11.1 Å². The summed E-state index contributed by atoms with van der Waals surface area (Å²) in [5.41, 5.74) is 7.41. The molecule has 0 radical (unpaired) electrons. The van der Waals surface area contributed by atoms with Crippen molar-refractivity contribution in [2.24, 2.45) is 17.6 Å². The van der Waals surface area contributed by atoms with E-state index in [1.54, 1.807) is 0 Å². The summed E-state index contributed by atoms with van der Waals surface area (Å²) in [4.78, 5) is 25.8. The average Bonchev–Trinajstić information content (AvgIpc) is 2.55. The number of likely N-dealkylation sites (tertiary alicyclic amines) is 1. The summed E-state index contributed by atoms with van der Waals surface area (Å²) < 4.78 is 0. The lowest BCUT2D eigenvalue weighted by atomic mass is 9.97. The Balaban J connectivity index is 1.98. The fraction of sp³-hybridized carbons (Fsp3) is 0.579. The summed E-state index contributed by atoms with van der Waals surface area (Å²) in [6.07, 6.45) is 3.29. The van der Waals surface area contributed by atoms with E-state index in [0.717, 1.165) is 43.6 Å². The second-order valence-corrected chi connectivity index (χ2v) is 7.11. The molecule has 5 heteroatoms. The Labute approximate surface area is 144 Å². The van der Waals surface area contributed by atoms with Crippen LogP contribution in [0.1, 0.15) is 45.1 Å². The first kappa shape index (κ1) is 18.5. The van der Waals surface area contributed by atoms with Gasteiger partial charge in [0.15, 0.2) is 0 Å². The van der Waals surface area contributed by atoms with Crippen LogP contribution in [0, 0.1) is 11.8 Å². The molecule has 132 valence electrons. The maximum absolute atomic E-state index is 12.1. The molecule has 24 heavy (non-hydrogen) atoms. The number of nitrogens with one attached hydrogen (secondary N) is 1. The van der Waals surface area contributed by atoms with Gasteiger partial charge in [0.2, 0.25) is 11.8 Å². The Morgan fingerprint density at radius 3 is 2.79 bits per heavy atom. The van der Waals surface area contributed by atoms with Crippen molar-refractivity contribution in [3.05, 3.63) is 29.8 Å². The molecular formula is C19H29N3O2. The molecule has 1 aromatic carbocycles. The van der Waals surface area contributed by atoms with Gasteiger partial charge in [0.25, 0.3) is 0 Å². The number of piperidine rings is 1. The zero-order chi connectivity index (χ0) is 17.5. The maximum atomic E-state index is 12.1. The van der Waals surface area contributed by atoms with Crippen molar-refractivity contribution in [2.75, 3.05) is 18.4 Å². The Morgan fingerprint density at radius 1 is 1.33 bits per heavy atom. The number of carbonyl (C=O) groups is 2. The molecule has 5 nitrogen and oxygen atoms in total. The van der Waals surface area contributed by atoms with Gasteiger partial charge >= 0.3 is 0 Å². The van der Waals surface area contributed by atoms with E-state index in [-0.39, 0.29) is 17.7 Å². The van der Waals surface area contributed by atoms with E-state index < -0.39 is 0 Å². The van der Waals surface area contributed by atoms with Crippen LogP contribution in [0.15, 0.2) is 24.3 Å². The monoisotopic (exact) mass is 331 g/mol. The summed E-state index contributed by atoms with van der Waals surface area (Å²) >= 11 is 0. The first-order valence-electron chi connectivity index (χ1n) is 8.85. The summed E-state index contributed by atoms with van der Waals surface area (Å²) in [5.74, 6) is 0.302. The number of para-hydroxylation sites is 1. The molecule has 0 aliphatic carbocycles. The number of hydrogen-bond acceptors (Lipinski definition) is 3. The molecule has 1 heterocycles. The molecule has 1 aliphatic rings. The van der Waals surface area contributed by atoms with Gasteiger partial charge in [-0.3, -0.25) is 14.5 Å². The molecule has 2 amide bonds. The lowest BCUT2D eigenvalue weighted by Crippen LogP contribution is -2.40. The van der Waals surface area contributed by atoms with Gasteiger partial charge in [-0.05, 0) is 43.4 Å². The third kappa shape index (κ3) is 5.64. The van der Waals surface area contributed by atoms with Crippen molar-refractivity contribution in [2.45, 2.75) is 46.1 Å². The van der Waals surface area contributed by atoms with Gasteiger partial charge in [0.1, 0.15) is 0 Å². The highest BCUT2D eigenvalue weighted by Crippen LogP contribution is 2.22. The summed E-state index contributed by atoms with van der Waals surface area (Å²) in [7, 11) is 0. The van der Waals surface area contributed by atoms with E-state index in [9.17, 15) is 9.59 Å². The second kappa shape index (κ2) is 8.83. The highest BCUT2D eigenvalue weighted by atomic mass is 16.2. The molecule has 1 aliphatic heterocycles. The number of nitrogens with two attached hydrogens (primary N) is 1. The predicted octanol–water partition coefficient (Wildman–Crippen LogP) is 2.76. The third-order valence-corrected chi connectivity index (χ3v) is 4.54. The van der Waals surface area contributed by atoms with Gasteiger partial charge in [-0.2, -0.15) is 0 Å². The molecule has 3 N–H and O–H groups in total. The first-order chi connectivity index (χ1) is 11.5. The Bertz CT molecular complexity index is 571. The molecule has 0 aromatic heterocycles. The van der Waals surface area contributed by atoms with Crippen LogP contribution in [0.5, 0.6) is 0 Å². The number of carbonyl (C=O) groups excluding carboxylic acids is 2. The number of rotatable bonds is 7. The average molecular weight is 331 g/mol. The lowest BCUT2D eigenvalue weighted by Gasteiger charge is -2.31. The molecular weight excluding hydrogens is 302 g/mol. The number of hydrogen-bond donors (Lipinski definition) is 2. The highest BCUT2D eigenvalue weighted by molar-refractivity contribution is 5.91. The Hall–Kier alpha value is -1.88. The maximum Gasteiger partial charge on any atom is 0.224 e. The third-order valence-electron chi connectivity index (χ3n) is 4.54. The van der Waals surface area contributed by atoms with Gasteiger partial charge in [-0.25, -0.2) is 0 Å². The van der Waals surface area contributed by atoms with Crippen molar-refractivity contribution in [3.63, 3.8) is 0 Å². The molecule has 0 bridgehead atoms. The lowest BCUT2D eigenvalue weighted by molar-refractivity contribution is -0.123. The molecule has 0 saturated carbocycles. The highest BCUT2D eigenvalue weighted by Gasteiger charge is 2.24. The molecule has 1 fully saturated rings. The van der Waals surface area contributed by atoms with E-state index in [1.807, 2.05) is 24.3 Å². The van der Waals surface area contributed by atoms with Crippen molar-refractivity contribution in [1.29, 1.82) is 0 Å². The normalized spacial score (nSPS) is 18.5. The van der Waals surface area contributed by atoms with E-state index in [4.69, 9.17) is 5.73 Å². The minimum Gasteiger partial charge on any atom is -0.369 e. The molecule has 1 aromatic rings. The predicted molar refractivity (Wildman–Crippen MR) is 96.3 cm³/mol. The number of amides is 2. The van der Waals surface area contributed by atoms with Crippen LogP contribution in [0.3, 0.4) is 0 Å². The van der Waals surface area contributed by atoms with Crippen LogP contribution >= 0.6 is 0 Å². The van der Waals surface area contributed by atoms with Gasteiger partial charge in [-0.15, -0.1) is 0 Å². The summed E-state index contributed by atoms with van der Waals surface area (Å²) in [6.45, 7) is 6.62. The van der Waals surface area contributed by atoms with Crippen molar-refractivity contribution in [3.8, 4) is 0 Å². The van der Waals surface area contributed by atoms with E-state index in [1.165, 1.54) is 0 Å². The van der Waals surface area contributed by atoms with Gasteiger partial charge in [0.05, 0.1) is 5.92 Å². The Morgan fingerprint density at radius 2 is 2.08 bits per heavy atom. The van der Waals surface area contributed by atoms with Gasteiger partial charge in [-0.1, -0.05) is 32.0 Å². The van der Waals surface area contributed by atoms with Crippen molar-refractivity contribution < 1.29 is 9.59 Å². The smallest absolute Gasteiger partial charge is 0.224 e. The first-order valence-corrected chi connectivity index (χ1v) is 8.85. The van der Waals surface area contributed by atoms with Crippen LogP contribution in [0.25, 0.3) is 0 Å². The largest absolute Gasteiger partial charge is 0.369 e. The minimum atomic E-state index is -0.213. The van der Waals surface area contributed by atoms with Crippen LogP contribution in [-0.4, -0.2) is 29.8 Å². The zero-order valence-corrected chi connectivity index (χ0v) is 14.8. The fourth-order valence-corrected chi connectivity index (χ4v) is 3.08. The molecule has 2 rings (SSSR count). The second-order valence-electron chi connectivity index (χ2n) is 7.11. The summed E-state index contributed by atoms with van der Waals surface area (Å²) in [6, 6.07) is 7.89. The molecule has 0 unspecified atom stereocenters. The molecule has 1 atom stereocenters. The van der Waals surface area contributed by atoms with E-state index in [0.29, 0.717) is 18.9 Å². The molecule has 1 saturated heterocycles. The quantitative estimate of drug-likeness (QED) is 0.806. The van der Waals surface area contributed by atoms with E-state index in [2.05, 4.69) is 24.1 Å². The number of nitrogens with zero attached hydrogens (tertiary/aromatic N) is 1. The molecule has 0 spiro atoms. The van der Waals surface area contributed by atoms with E-state index >= 15 is 0 Å². The number of anilines is 1. The minimum absolute atomic E-state index is 0.0600.